The van der Waals surface area contributed by atoms with E-state index in [-0.39, 0.29) is 32.0 Å². The molecule has 10 heteroatoms. The third kappa shape index (κ3) is 75.2. The Hall–Kier alpha value is -3.85. The van der Waals surface area contributed by atoms with Gasteiger partial charge in [0.25, 0.3) is 0 Å². The molecule has 0 aliphatic heterocycles. The van der Waals surface area contributed by atoms with Crippen molar-refractivity contribution in [2.24, 2.45) is 0 Å². The van der Waals surface area contributed by atoms with E-state index in [0.29, 0.717) is 17.4 Å². The summed E-state index contributed by atoms with van der Waals surface area (Å²) in [7, 11) is 1.46. The smallest absolute Gasteiger partial charge is 0.462 e. The number of phosphoric acid groups is 1. The molecule has 0 spiro atoms. The predicted molar refractivity (Wildman–Crippen MR) is 399 cm³/mol. The molecular weight excluding hydrogens is 1160 g/mol. The zero-order chi connectivity index (χ0) is 66.9. The summed E-state index contributed by atoms with van der Waals surface area (Å²) in [5.74, 6) is -0.815. The number of nitrogens with zero attached hydrogens (tertiary/aromatic N) is 1. The van der Waals surface area contributed by atoms with Gasteiger partial charge in [0.1, 0.15) is 19.8 Å². The summed E-state index contributed by atoms with van der Waals surface area (Å²) >= 11 is 0. The summed E-state index contributed by atoms with van der Waals surface area (Å²) in [6, 6.07) is 0. The molecule has 0 aromatic heterocycles. The third-order valence-corrected chi connectivity index (χ3v) is 17.2. The second-order valence-electron chi connectivity index (χ2n) is 26.3. The number of likely N-dealkylation sites (N-methyl/N-ethyl adjacent to an activating group) is 1. The Kier molecular flexibility index (Phi) is 68.5. The number of hydrogen-bond acceptors (Lipinski definition) is 7. The molecule has 0 heterocycles. The van der Waals surface area contributed by atoms with Gasteiger partial charge in [-0.3, -0.25) is 18.6 Å². The van der Waals surface area contributed by atoms with Crippen molar-refractivity contribution in [1.82, 2.24) is 0 Å². The first-order valence-electron chi connectivity index (χ1n) is 37.9. The summed E-state index contributed by atoms with van der Waals surface area (Å²) in [5.41, 5.74) is 0. The maximum Gasteiger partial charge on any atom is 0.472 e. The molecule has 0 saturated carbocycles. The van der Waals surface area contributed by atoms with Crippen LogP contribution in [0.1, 0.15) is 322 Å². The van der Waals surface area contributed by atoms with Gasteiger partial charge in [0.2, 0.25) is 0 Å². The first kappa shape index (κ1) is 88.2. The molecule has 9 nitrogen and oxygen atoms in total. The highest BCUT2D eigenvalue weighted by atomic mass is 31.2. The van der Waals surface area contributed by atoms with Gasteiger partial charge in [-0.05, 0) is 96.3 Å². The van der Waals surface area contributed by atoms with Gasteiger partial charge < -0.3 is 18.9 Å². The SMILES string of the molecule is CC/C=C\C/C=C\C/C=C\C/C=C\C/C=C\C/C=C\C/C=C\C/C=C\C/C=C\C/C=C\C/C=C\CCCCCCCC(=O)OC(COC(=O)CCCCCCCCCCCCCCCCCCCCCCCCCCCCCCC)COP(=O)(O)OCC[N+](C)(C)C. The Labute approximate surface area is 568 Å². The number of ether oxygens (including phenoxy) is 2. The summed E-state index contributed by atoms with van der Waals surface area (Å²) in [4.78, 5) is 35.9. The lowest BCUT2D eigenvalue weighted by atomic mass is 10.0. The van der Waals surface area contributed by atoms with E-state index in [0.717, 1.165) is 122 Å². The number of esters is 2. The molecule has 92 heavy (non-hydrogen) atoms. The Balaban J connectivity index is 4.10. The van der Waals surface area contributed by atoms with Crippen LogP contribution in [0.4, 0.5) is 0 Å². The topological polar surface area (TPSA) is 108 Å². The van der Waals surface area contributed by atoms with E-state index in [9.17, 15) is 19.0 Å². The fourth-order valence-electron chi connectivity index (χ4n) is 10.4. The van der Waals surface area contributed by atoms with Crippen molar-refractivity contribution in [2.45, 2.75) is 328 Å². The zero-order valence-electron chi connectivity index (χ0n) is 60.2. The van der Waals surface area contributed by atoms with Crippen LogP contribution in [0.25, 0.3) is 0 Å². The number of quaternary nitrogens is 1. The summed E-state index contributed by atoms with van der Waals surface area (Å²) in [6.07, 6.45) is 104. The van der Waals surface area contributed by atoms with Gasteiger partial charge in [-0.15, -0.1) is 0 Å². The average Bonchev–Trinajstić information content (AvgIpc) is 2.14. The quantitative estimate of drug-likeness (QED) is 0.0211. The first-order chi connectivity index (χ1) is 45.0. The van der Waals surface area contributed by atoms with E-state index < -0.39 is 26.5 Å². The van der Waals surface area contributed by atoms with Crippen LogP contribution in [0.2, 0.25) is 0 Å². The highest BCUT2D eigenvalue weighted by Gasteiger charge is 2.27. The zero-order valence-corrected chi connectivity index (χ0v) is 61.1. The molecule has 0 aliphatic carbocycles. The van der Waals surface area contributed by atoms with E-state index >= 15 is 0 Å². The van der Waals surface area contributed by atoms with Crippen LogP contribution in [-0.2, 0) is 32.7 Å². The van der Waals surface area contributed by atoms with Crippen molar-refractivity contribution in [2.75, 3.05) is 47.5 Å². The molecule has 0 rings (SSSR count). The number of allylic oxidation sites excluding steroid dienone is 22. The second-order valence-corrected chi connectivity index (χ2v) is 27.8. The van der Waals surface area contributed by atoms with Crippen molar-refractivity contribution < 1.29 is 42.1 Å². The van der Waals surface area contributed by atoms with Gasteiger partial charge in [0.15, 0.2) is 6.10 Å². The molecule has 1 N–H and O–H groups in total. The van der Waals surface area contributed by atoms with Gasteiger partial charge in [-0.1, -0.05) is 347 Å². The standard InChI is InChI=1S/C82H142NO8P/c1-6-8-10-12-14-16-18-20-22-24-26-28-30-32-34-36-37-38-39-40-41-42-43-44-45-47-49-51-53-55-57-59-61-63-65-67-69-71-73-75-82(85)91-80(79-90-92(86,87)89-77-76-83(3,4)5)78-88-81(84)74-72-70-68-66-64-62-60-58-56-54-52-50-48-46-35-33-31-29-27-25-23-21-19-17-15-13-11-9-7-2/h8,10,14,16,20,22,26,28,32,34,37-38,40-41,43-44,47,49,53,55,59,61,80H,6-7,9,11-13,15,17-19,21,23-25,27,29-31,33,35-36,39,42,45-46,48,50-52,54,56-58,60,62-79H2,1-5H3/p+1/b10-8-,16-14-,22-20-,28-26-,34-32-,38-37-,41-40-,44-43-,49-47-,55-53-,61-59-. The maximum absolute atomic E-state index is 12.9. The van der Waals surface area contributed by atoms with Gasteiger partial charge >= 0.3 is 19.8 Å². The Bertz CT molecular complexity index is 2020. The van der Waals surface area contributed by atoms with E-state index in [1.807, 2.05) is 21.1 Å². The number of phosphoric ester groups is 1. The first-order valence-corrected chi connectivity index (χ1v) is 39.4. The molecule has 0 aliphatic rings. The molecule has 528 valence electrons. The number of carbonyl (C=O) groups excluding carboxylic acids is 2. The number of rotatable bonds is 69. The monoisotopic (exact) mass is 1300 g/mol. The van der Waals surface area contributed by atoms with E-state index in [1.54, 1.807) is 0 Å². The average molecular weight is 1300 g/mol. The van der Waals surface area contributed by atoms with Gasteiger partial charge in [-0.25, -0.2) is 4.57 Å². The molecule has 0 amide bonds. The number of hydrogen-bond donors (Lipinski definition) is 1. The lowest BCUT2D eigenvalue weighted by molar-refractivity contribution is -0.870. The second kappa shape index (κ2) is 71.4. The lowest BCUT2D eigenvalue weighted by Crippen LogP contribution is -2.37. The molecule has 0 saturated heterocycles. The summed E-state index contributed by atoms with van der Waals surface area (Å²) in [5, 5.41) is 0. The summed E-state index contributed by atoms with van der Waals surface area (Å²) < 4.78 is 34.7. The molecule has 0 aromatic carbocycles. The minimum atomic E-state index is -4.41. The molecule has 0 fully saturated rings. The highest BCUT2D eigenvalue weighted by Crippen LogP contribution is 2.43. The van der Waals surface area contributed by atoms with Crippen molar-refractivity contribution in [1.29, 1.82) is 0 Å². The molecule has 0 bridgehead atoms. The molecule has 0 aromatic rings. The highest BCUT2D eigenvalue weighted by molar-refractivity contribution is 7.47. The van der Waals surface area contributed by atoms with Gasteiger partial charge in [0.05, 0.1) is 27.7 Å². The van der Waals surface area contributed by atoms with Gasteiger partial charge in [0, 0.05) is 12.8 Å². The Morgan fingerprint density at radius 2 is 0.620 bits per heavy atom. The van der Waals surface area contributed by atoms with Crippen molar-refractivity contribution in [3.63, 3.8) is 0 Å². The molecular formula is C82H143NO8P+. The summed E-state index contributed by atoms with van der Waals surface area (Å²) in [6.45, 7) is 4.33. The van der Waals surface area contributed by atoms with Crippen LogP contribution in [-0.4, -0.2) is 74.9 Å². The molecule has 2 unspecified atom stereocenters. The normalized spacial score (nSPS) is 13.8. The number of unbranched alkanes of at least 4 members (excludes halogenated alkanes) is 33. The molecule has 2 atom stereocenters. The van der Waals surface area contributed by atoms with Crippen LogP contribution in [0.15, 0.2) is 134 Å². The van der Waals surface area contributed by atoms with Crippen LogP contribution >= 0.6 is 7.82 Å². The predicted octanol–water partition coefficient (Wildman–Crippen LogP) is 25.2. The largest absolute Gasteiger partial charge is 0.472 e. The van der Waals surface area contributed by atoms with Crippen molar-refractivity contribution in [3.05, 3.63) is 134 Å². The Morgan fingerprint density at radius 3 is 0.924 bits per heavy atom. The fourth-order valence-corrected chi connectivity index (χ4v) is 11.2. The third-order valence-electron chi connectivity index (χ3n) is 16.2. The lowest BCUT2D eigenvalue weighted by Gasteiger charge is -2.24. The molecule has 0 radical (unpaired) electrons. The fraction of sp³-hybridized carbons (Fsp3) is 0.707. The Morgan fingerprint density at radius 1 is 0.348 bits per heavy atom. The van der Waals surface area contributed by atoms with E-state index in [4.69, 9.17) is 18.5 Å². The van der Waals surface area contributed by atoms with Crippen LogP contribution in [0.5, 0.6) is 0 Å². The minimum Gasteiger partial charge on any atom is -0.462 e. The van der Waals surface area contributed by atoms with E-state index in [1.165, 1.54) is 167 Å². The minimum absolute atomic E-state index is 0.0227. The maximum atomic E-state index is 12.9. The van der Waals surface area contributed by atoms with Crippen LogP contribution in [0, 0.1) is 0 Å². The van der Waals surface area contributed by atoms with Crippen LogP contribution < -0.4 is 0 Å². The van der Waals surface area contributed by atoms with E-state index in [2.05, 4.69) is 148 Å². The van der Waals surface area contributed by atoms with Crippen molar-refractivity contribution >= 4 is 19.8 Å². The van der Waals surface area contributed by atoms with Crippen molar-refractivity contribution in [3.8, 4) is 0 Å². The number of carbonyl (C=O) groups is 2. The van der Waals surface area contributed by atoms with Crippen LogP contribution in [0.3, 0.4) is 0 Å². The van der Waals surface area contributed by atoms with Gasteiger partial charge in [-0.2, -0.15) is 0 Å².